The molecule has 0 aromatic heterocycles. The Morgan fingerprint density at radius 3 is 2.12 bits per heavy atom. The van der Waals surface area contributed by atoms with Crippen molar-refractivity contribution < 1.29 is 0 Å². The summed E-state index contributed by atoms with van der Waals surface area (Å²) in [5.74, 6) is 0. The zero-order valence-corrected chi connectivity index (χ0v) is 10.9. The van der Waals surface area contributed by atoms with Crippen LogP contribution in [0.3, 0.4) is 0 Å². The number of hydrogen-bond acceptors (Lipinski definition) is 1. The van der Waals surface area contributed by atoms with E-state index in [0.29, 0.717) is 5.41 Å². The third kappa shape index (κ3) is 2.30. The SMILES string of the molecule is CC1(CNC2CCC3(CCCC3)CC2)CC1. The van der Waals surface area contributed by atoms with E-state index < -0.39 is 0 Å². The monoisotopic (exact) mass is 221 g/mol. The lowest BCUT2D eigenvalue weighted by molar-refractivity contribution is 0.166. The summed E-state index contributed by atoms with van der Waals surface area (Å²) in [4.78, 5) is 0. The maximum absolute atomic E-state index is 3.83. The molecule has 0 radical (unpaired) electrons. The first kappa shape index (κ1) is 11.1. The predicted octanol–water partition coefficient (Wildman–Crippen LogP) is 3.88. The quantitative estimate of drug-likeness (QED) is 0.762. The van der Waals surface area contributed by atoms with Crippen molar-refractivity contribution in [1.29, 1.82) is 0 Å². The van der Waals surface area contributed by atoms with Crippen LogP contribution < -0.4 is 5.32 Å². The van der Waals surface area contributed by atoms with E-state index in [9.17, 15) is 0 Å². The van der Waals surface area contributed by atoms with Crippen LogP contribution in [0.15, 0.2) is 0 Å². The molecule has 3 rings (SSSR count). The smallest absolute Gasteiger partial charge is 0.00677 e. The van der Waals surface area contributed by atoms with Crippen LogP contribution in [0.25, 0.3) is 0 Å². The molecule has 0 bridgehead atoms. The van der Waals surface area contributed by atoms with E-state index in [1.807, 2.05) is 0 Å². The second-order valence-electron chi connectivity index (χ2n) is 7.17. The molecule has 0 saturated heterocycles. The minimum Gasteiger partial charge on any atom is -0.313 e. The molecule has 16 heavy (non-hydrogen) atoms. The van der Waals surface area contributed by atoms with Crippen molar-refractivity contribution in [3.8, 4) is 0 Å². The molecule has 0 heterocycles. The Balaban J connectivity index is 1.43. The second-order valence-corrected chi connectivity index (χ2v) is 7.17. The summed E-state index contributed by atoms with van der Waals surface area (Å²) in [7, 11) is 0. The van der Waals surface area contributed by atoms with Gasteiger partial charge < -0.3 is 5.32 Å². The fourth-order valence-corrected chi connectivity index (χ4v) is 3.84. The van der Waals surface area contributed by atoms with Gasteiger partial charge in [-0.15, -0.1) is 0 Å². The summed E-state index contributed by atoms with van der Waals surface area (Å²) < 4.78 is 0. The van der Waals surface area contributed by atoms with E-state index in [1.165, 1.54) is 70.8 Å². The molecule has 1 N–H and O–H groups in total. The van der Waals surface area contributed by atoms with Crippen LogP contribution in [0.5, 0.6) is 0 Å². The molecule has 0 aliphatic heterocycles. The van der Waals surface area contributed by atoms with E-state index in [0.717, 1.165) is 11.5 Å². The lowest BCUT2D eigenvalue weighted by Crippen LogP contribution is -2.38. The molecular formula is C15H27N. The number of hydrogen-bond donors (Lipinski definition) is 1. The van der Waals surface area contributed by atoms with E-state index >= 15 is 0 Å². The molecule has 1 heteroatoms. The standard InChI is InChI=1S/C15H27N/c1-14(10-11-14)12-16-13-4-8-15(9-5-13)6-2-3-7-15/h13,16H,2-12H2,1H3. The van der Waals surface area contributed by atoms with Gasteiger partial charge in [-0.25, -0.2) is 0 Å². The Hall–Kier alpha value is -0.0400. The van der Waals surface area contributed by atoms with Gasteiger partial charge in [0.1, 0.15) is 0 Å². The van der Waals surface area contributed by atoms with E-state index in [2.05, 4.69) is 12.2 Å². The van der Waals surface area contributed by atoms with Gasteiger partial charge in [-0.05, 0) is 62.2 Å². The molecule has 92 valence electrons. The first-order chi connectivity index (χ1) is 7.70. The van der Waals surface area contributed by atoms with Crippen molar-refractivity contribution >= 4 is 0 Å². The second kappa shape index (κ2) is 4.01. The molecule has 1 spiro atoms. The normalized spacial score (nSPS) is 32.1. The summed E-state index contributed by atoms with van der Waals surface area (Å²) >= 11 is 0. The largest absolute Gasteiger partial charge is 0.313 e. The van der Waals surface area contributed by atoms with E-state index in [1.54, 1.807) is 0 Å². The highest BCUT2D eigenvalue weighted by molar-refractivity contribution is 4.94. The Morgan fingerprint density at radius 1 is 0.938 bits per heavy atom. The molecule has 3 aliphatic rings. The van der Waals surface area contributed by atoms with Crippen LogP contribution in [0.2, 0.25) is 0 Å². The van der Waals surface area contributed by atoms with E-state index in [4.69, 9.17) is 0 Å². The summed E-state index contributed by atoms with van der Waals surface area (Å²) in [5, 5.41) is 3.83. The lowest BCUT2D eigenvalue weighted by Gasteiger charge is -2.38. The Kier molecular flexibility index (Phi) is 2.78. The summed E-state index contributed by atoms with van der Waals surface area (Å²) in [6.07, 6.45) is 14.9. The third-order valence-electron chi connectivity index (χ3n) is 5.63. The van der Waals surface area contributed by atoms with E-state index in [-0.39, 0.29) is 0 Å². The molecule has 3 aliphatic carbocycles. The summed E-state index contributed by atoms with van der Waals surface area (Å²) in [5.41, 5.74) is 1.49. The van der Waals surface area contributed by atoms with Crippen molar-refractivity contribution in [3.63, 3.8) is 0 Å². The van der Waals surface area contributed by atoms with Crippen LogP contribution in [0.4, 0.5) is 0 Å². The van der Waals surface area contributed by atoms with Crippen molar-refractivity contribution in [1.82, 2.24) is 5.32 Å². The maximum atomic E-state index is 3.83. The molecule has 3 fully saturated rings. The van der Waals surface area contributed by atoms with Gasteiger partial charge in [0.15, 0.2) is 0 Å². The molecule has 0 unspecified atom stereocenters. The molecular weight excluding hydrogens is 194 g/mol. The highest BCUT2D eigenvalue weighted by Gasteiger charge is 2.40. The average Bonchev–Trinajstić information content (AvgIpc) is 2.87. The van der Waals surface area contributed by atoms with Crippen molar-refractivity contribution in [3.05, 3.63) is 0 Å². The minimum atomic E-state index is 0.683. The third-order valence-corrected chi connectivity index (χ3v) is 5.63. The molecule has 3 saturated carbocycles. The van der Waals surface area contributed by atoms with Crippen LogP contribution in [-0.2, 0) is 0 Å². The number of nitrogens with one attached hydrogen (secondary N) is 1. The predicted molar refractivity (Wildman–Crippen MR) is 68.5 cm³/mol. The van der Waals surface area contributed by atoms with Gasteiger partial charge in [0.25, 0.3) is 0 Å². The van der Waals surface area contributed by atoms with Gasteiger partial charge >= 0.3 is 0 Å². The van der Waals surface area contributed by atoms with Gasteiger partial charge in [0.05, 0.1) is 0 Å². The number of rotatable bonds is 3. The Morgan fingerprint density at radius 2 is 1.56 bits per heavy atom. The molecule has 1 nitrogen and oxygen atoms in total. The molecule has 0 atom stereocenters. The van der Waals surface area contributed by atoms with Crippen LogP contribution >= 0.6 is 0 Å². The highest BCUT2D eigenvalue weighted by Crippen LogP contribution is 2.49. The Bertz CT molecular complexity index is 238. The molecule has 0 amide bonds. The fourth-order valence-electron chi connectivity index (χ4n) is 3.84. The minimum absolute atomic E-state index is 0.683. The van der Waals surface area contributed by atoms with Gasteiger partial charge in [0, 0.05) is 12.6 Å². The maximum Gasteiger partial charge on any atom is 0.00677 e. The average molecular weight is 221 g/mol. The highest BCUT2D eigenvalue weighted by atomic mass is 14.9. The van der Waals surface area contributed by atoms with Gasteiger partial charge in [-0.2, -0.15) is 0 Å². The topological polar surface area (TPSA) is 12.0 Å². The van der Waals surface area contributed by atoms with Crippen molar-refractivity contribution in [2.75, 3.05) is 6.54 Å². The van der Waals surface area contributed by atoms with Crippen LogP contribution in [0, 0.1) is 10.8 Å². The van der Waals surface area contributed by atoms with Crippen molar-refractivity contribution in [2.45, 2.75) is 77.2 Å². The van der Waals surface area contributed by atoms with Gasteiger partial charge in [0.2, 0.25) is 0 Å². The van der Waals surface area contributed by atoms with Gasteiger partial charge in [-0.3, -0.25) is 0 Å². The van der Waals surface area contributed by atoms with Gasteiger partial charge in [-0.1, -0.05) is 19.8 Å². The summed E-state index contributed by atoms with van der Waals surface area (Å²) in [6, 6.07) is 0.851. The Labute approximate surface area is 100 Å². The zero-order chi connectivity index (χ0) is 11.1. The molecule has 0 aromatic rings. The first-order valence-electron chi connectivity index (χ1n) is 7.43. The first-order valence-corrected chi connectivity index (χ1v) is 7.43. The lowest BCUT2D eigenvalue weighted by atomic mass is 9.71. The fraction of sp³-hybridized carbons (Fsp3) is 1.00. The summed E-state index contributed by atoms with van der Waals surface area (Å²) in [6.45, 7) is 3.71. The van der Waals surface area contributed by atoms with Crippen LogP contribution in [-0.4, -0.2) is 12.6 Å². The zero-order valence-electron chi connectivity index (χ0n) is 10.9. The van der Waals surface area contributed by atoms with Crippen LogP contribution in [0.1, 0.15) is 71.1 Å². The molecule has 0 aromatic carbocycles. The van der Waals surface area contributed by atoms with Crippen molar-refractivity contribution in [2.24, 2.45) is 10.8 Å².